The molecule has 0 amide bonds. The predicted molar refractivity (Wildman–Crippen MR) is 47.9 cm³/mol. The molecule has 0 aliphatic heterocycles. The van der Waals surface area contributed by atoms with Crippen molar-refractivity contribution in [3.63, 3.8) is 0 Å². The van der Waals surface area contributed by atoms with Gasteiger partial charge < -0.3 is 14.7 Å². The van der Waals surface area contributed by atoms with Gasteiger partial charge in [0.2, 0.25) is 0 Å². The molecule has 0 spiro atoms. The zero-order chi connectivity index (χ0) is 10.9. The van der Waals surface area contributed by atoms with Crippen LogP contribution in [0.3, 0.4) is 0 Å². The van der Waals surface area contributed by atoms with E-state index in [-0.39, 0.29) is 0 Å². The number of hydrogen-bond acceptors (Lipinski definition) is 4. The van der Waals surface area contributed by atoms with Crippen LogP contribution in [0.15, 0.2) is 10.7 Å². The lowest BCUT2D eigenvalue weighted by molar-refractivity contribution is -0.150. The van der Waals surface area contributed by atoms with E-state index in [0.29, 0.717) is 11.3 Å². The second-order valence-electron chi connectivity index (χ2n) is 3.76. The summed E-state index contributed by atoms with van der Waals surface area (Å²) < 4.78 is 4.83. The molecule has 1 unspecified atom stereocenters. The Balaban J connectivity index is 3.07. The molecule has 5 heteroatoms. The van der Waals surface area contributed by atoms with Crippen molar-refractivity contribution >= 4 is 5.97 Å². The van der Waals surface area contributed by atoms with Crippen molar-refractivity contribution in [2.24, 2.45) is 0 Å². The van der Waals surface area contributed by atoms with Gasteiger partial charge in [-0.2, -0.15) is 0 Å². The summed E-state index contributed by atoms with van der Waals surface area (Å²) in [6.45, 7) is 4.94. The van der Waals surface area contributed by atoms with Crippen LogP contribution in [0.2, 0.25) is 0 Å². The minimum Gasteiger partial charge on any atom is -0.479 e. The molecule has 1 aromatic heterocycles. The lowest BCUT2D eigenvalue weighted by Crippen LogP contribution is -2.40. The molecule has 14 heavy (non-hydrogen) atoms. The van der Waals surface area contributed by atoms with Crippen molar-refractivity contribution in [1.82, 2.24) is 5.16 Å². The Morgan fingerprint density at radius 3 is 2.57 bits per heavy atom. The molecular formula is C9H13NO4. The first-order valence-electron chi connectivity index (χ1n) is 4.20. The van der Waals surface area contributed by atoms with Crippen molar-refractivity contribution in [3.8, 4) is 0 Å². The topological polar surface area (TPSA) is 83.6 Å². The van der Waals surface area contributed by atoms with Gasteiger partial charge in [0, 0.05) is 11.0 Å². The maximum atomic E-state index is 10.7. The largest absolute Gasteiger partial charge is 0.479 e. The van der Waals surface area contributed by atoms with E-state index in [0.717, 1.165) is 0 Å². The average molecular weight is 199 g/mol. The van der Waals surface area contributed by atoms with E-state index in [1.54, 1.807) is 20.8 Å². The highest BCUT2D eigenvalue weighted by Crippen LogP contribution is 2.29. The summed E-state index contributed by atoms with van der Waals surface area (Å²) in [5, 5.41) is 21.7. The number of nitrogens with zero attached hydrogens (tertiary/aromatic N) is 1. The maximum absolute atomic E-state index is 10.7. The fourth-order valence-electron chi connectivity index (χ4n) is 1.37. The van der Waals surface area contributed by atoms with Crippen LogP contribution in [0.5, 0.6) is 0 Å². The van der Waals surface area contributed by atoms with Crippen molar-refractivity contribution in [2.45, 2.75) is 32.3 Å². The fourth-order valence-corrected chi connectivity index (χ4v) is 1.37. The Kier molecular flexibility index (Phi) is 2.62. The van der Waals surface area contributed by atoms with Crippen LogP contribution < -0.4 is 0 Å². The summed E-state index contributed by atoms with van der Waals surface area (Å²) in [6.07, 6.45) is -0.0396. The van der Waals surface area contributed by atoms with Gasteiger partial charge in [0.1, 0.15) is 5.76 Å². The number of hydrogen-bond donors (Lipinski definition) is 2. The van der Waals surface area contributed by atoms with Crippen LogP contribution in [-0.4, -0.2) is 27.4 Å². The Morgan fingerprint density at radius 2 is 2.21 bits per heavy atom. The van der Waals surface area contributed by atoms with Crippen molar-refractivity contribution < 1.29 is 19.5 Å². The molecule has 1 aromatic rings. The fraction of sp³-hybridized carbons (Fsp3) is 0.556. The Labute approximate surface area is 81.3 Å². The SMILES string of the molecule is Cc1oncc1C(C)(C)C(O)C(=O)O. The summed E-state index contributed by atoms with van der Waals surface area (Å²) in [6, 6.07) is 0. The van der Waals surface area contributed by atoms with Crippen LogP contribution in [0.25, 0.3) is 0 Å². The van der Waals surface area contributed by atoms with Crippen molar-refractivity contribution in [1.29, 1.82) is 0 Å². The molecule has 0 aliphatic rings. The highest BCUT2D eigenvalue weighted by Gasteiger charge is 2.37. The number of carboxylic acid groups (broad SMARTS) is 1. The minimum absolute atomic E-state index is 0.523. The first-order valence-corrected chi connectivity index (χ1v) is 4.20. The Hall–Kier alpha value is -1.36. The number of aromatic nitrogens is 1. The molecule has 78 valence electrons. The maximum Gasteiger partial charge on any atom is 0.333 e. The number of carbonyl (C=O) groups is 1. The van der Waals surface area contributed by atoms with Gasteiger partial charge in [-0.25, -0.2) is 4.79 Å². The van der Waals surface area contributed by atoms with E-state index in [4.69, 9.17) is 9.63 Å². The molecule has 0 radical (unpaired) electrons. The van der Waals surface area contributed by atoms with Crippen LogP contribution in [0.1, 0.15) is 25.2 Å². The monoisotopic (exact) mass is 199 g/mol. The highest BCUT2D eigenvalue weighted by molar-refractivity contribution is 5.74. The Bertz CT molecular complexity index is 342. The third-order valence-electron chi connectivity index (χ3n) is 2.36. The summed E-state index contributed by atoms with van der Waals surface area (Å²) in [5.41, 5.74) is -0.303. The molecule has 0 saturated heterocycles. The lowest BCUT2D eigenvalue weighted by atomic mass is 9.80. The number of aryl methyl sites for hydroxylation is 1. The molecule has 0 bridgehead atoms. The third-order valence-corrected chi connectivity index (χ3v) is 2.36. The predicted octanol–water partition coefficient (Wildman–Crippen LogP) is 0.706. The first kappa shape index (κ1) is 10.7. The van der Waals surface area contributed by atoms with E-state index in [1.165, 1.54) is 6.20 Å². The number of rotatable bonds is 3. The number of aliphatic carboxylic acids is 1. The normalized spacial score (nSPS) is 14.0. The molecular weight excluding hydrogens is 186 g/mol. The number of aliphatic hydroxyl groups excluding tert-OH is 1. The molecule has 2 N–H and O–H groups in total. The van der Waals surface area contributed by atoms with Gasteiger partial charge in [-0.1, -0.05) is 19.0 Å². The molecule has 1 heterocycles. The van der Waals surface area contributed by atoms with Gasteiger partial charge in [-0.05, 0) is 6.92 Å². The molecule has 1 atom stereocenters. The summed E-state index contributed by atoms with van der Waals surface area (Å²) >= 11 is 0. The summed E-state index contributed by atoms with van der Waals surface area (Å²) in [4.78, 5) is 10.7. The number of aliphatic hydroxyl groups is 1. The van der Waals surface area contributed by atoms with Gasteiger partial charge in [0.05, 0.1) is 6.20 Å². The van der Waals surface area contributed by atoms with Gasteiger partial charge in [-0.3, -0.25) is 0 Å². The van der Waals surface area contributed by atoms with Gasteiger partial charge in [0.15, 0.2) is 6.10 Å². The quantitative estimate of drug-likeness (QED) is 0.748. The second-order valence-corrected chi connectivity index (χ2v) is 3.76. The van der Waals surface area contributed by atoms with Crippen LogP contribution in [0.4, 0.5) is 0 Å². The van der Waals surface area contributed by atoms with Gasteiger partial charge in [0.25, 0.3) is 0 Å². The standard InChI is InChI=1S/C9H13NO4/c1-5-6(4-10-14-5)9(2,3)7(11)8(12)13/h4,7,11H,1-3H3,(H,12,13). The molecule has 0 saturated carbocycles. The van der Waals surface area contributed by atoms with E-state index < -0.39 is 17.5 Å². The molecule has 0 fully saturated rings. The van der Waals surface area contributed by atoms with E-state index >= 15 is 0 Å². The smallest absolute Gasteiger partial charge is 0.333 e. The highest BCUT2D eigenvalue weighted by atomic mass is 16.5. The van der Waals surface area contributed by atoms with E-state index in [9.17, 15) is 9.90 Å². The molecule has 5 nitrogen and oxygen atoms in total. The number of carboxylic acids is 1. The summed E-state index contributed by atoms with van der Waals surface area (Å²) in [7, 11) is 0. The van der Waals surface area contributed by atoms with Gasteiger partial charge >= 0.3 is 5.97 Å². The average Bonchev–Trinajstić information content (AvgIpc) is 2.50. The third kappa shape index (κ3) is 1.63. The molecule has 1 rings (SSSR count). The first-order chi connectivity index (χ1) is 6.37. The van der Waals surface area contributed by atoms with Crippen molar-refractivity contribution in [2.75, 3.05) is 0 Å². The molecule has 0 aliphatic carbocycles. The zero-order valence-electron chi connectivity index (χ0n) is 8.31. The Morgan fingerprint density at radius 1 is 1.64 bits per heavy atom. The van der Waals surface area contributed by atoms with E-state index in [2.05, 4.69) is 5.16 Å². The van der Waals surface area contributed by atoms with Crippen molar-refractivity contribution in [3.05, 3.63) is 17.5 Å². The van der Waals surface area contributed by atoms with Crippen LogP contribution in [-0.2, 0) is 10.2 Å². The zero-order valence-corrected chi connectivity index (χ0v) is 8.31. The van der Waals surface area contributed by atoms with Crippen LogP contribution >= 0.6 is 0 Å². The van der Waals surface area contributed by atoms with E-state index in [1.807, 2.05) is 0 Å². The lowest BCUT2D eigenvalue weighted by Gasteiger charge is -2.26. The second kappa shape index (κ2) is 3.42. The minimum atomic E-state index is -1.47. The van der Waals surface area contributed by atoms with Gasteiger partial charge in [-0.15, -0.1) is 0 Å². The van der Waals surface area contributed by atoms with Crippen LogP contribution in [0, 0.1) is 6.92 Å². The summed E-state index contributed by atoms with van der Waals surface area (Å²) in [5.74, 6) is -0.731. The molecule has 0 aromatic carbocycles.